The molecule has 0 saturated carbocycles. The lowest BCUT2D eigenvalue weighted by atomic mass is 10.0. The quantitative estimate of drug-likeness (QED) is 0.160. The highest BCUT2D eigenvalue weighted by atomic mass is 35.5. The van der Waals surface area contributed by atoms with Crippen LogP contribution in [0.25, 0.3) is 0 Å². The summed E-state index contributed by atoms with van der Waals surface area (Å²) in [5.41, 5.74) is 1.37. The number of nitrogens with one attached hydrogen (secondary N) is 3. The van der Waals surface area contributed by atoms with Gasteiger partial charge < -0.3 is 10.6 Å². The number of unbranched alkanes of at least 4 members (excludes halogenated alkanes) is 1. The fraction of sp³-hybridized carbons (Fsp3) is 0.462. The van der Waals surface area contributed by atoms with Gasteiger partial charge in [0.1, 0.15) is 16.4 Å². The number of benzene rings is 2. The Morgan fingerprint density at radius 2 is 1.82 bits per heavy atom. The van der Waals surface area contributed by atoms with Gasteiger partial charge in [0.2, 0.25) is 22.3 Å². The molecule has 2 aromatic rings. The van der Waals surface area contributed by atoms with Crippen molar-refractivity contribution in [1.82, 2.24) is 15.4 Å². The molecule has 210 valence electrons. The minimum atomic E-state index is -3.74. The van der Waals surface area contributed by atoms with Gasteiger partial charge in [0, 0.05) is 25.6 Å². The summed E-state index contributed by atoms with van der Waals surface area (Å²) in [6.45, 7) is 7.01. The minimum Gasteiger partial charge on any atom is -0.359 e. The smallest absolute Gasteiger partial charge is 0.242 e. The van der Waals surface area contributed by atoms with E-state index >= 15 is 0 Å². The topological polar surface area (TPSA) is 134 Å². The van der Waals surface area contributed by atoms with Gasteiger partial charge in [-0.3, -0.25) is 9.59 Å². The number of nitrogens with zero attached hydrogens (tertiary/aromatic N) is 1. The van der Waals surface area contributed by atoms with E-state index in [1.807, 2.05) is 13.0 Å². The summed E-state index contributed by atoms with van der Waals surface area (Å²) in [5.74, 6) is 0.0344. The second kappa shape index (κ2) is 17.6. The third-order valence-corrected chi connectivity index (χ3v) is 7.14. The van der Waals surface area contributed by atoms with Gasteiger partial charge in [-0.05, 0) is 79.6 Å². The highest BCUT2D eigenvalue weighted by molar-refractivity contribution is 7.89. The van der Waals surface area contributed by atoms with Crippen LogP contribution >= 0.6 is 11.6 Å². The molecule has 3 N–H and O–H groups in total. The molecule has 2 amide bonds. The van der Waals surface area contributed by atoms with Crippen LogP contribution in [0.2, 0.25) is 5.02 Å². The first kappa shape index (κ1) is 33.1. The molecule has 1 atom stereocenters. The van der Waals surface area contributed by atoms with Gasteiger partial charge in [-0.2, -0.15) is 0 Å². The highest BCUT2D eigenvalue weighted by Crippen LogP contribution is 2.22. The lowest BCUT2D eigenvalue weighted by molar-refractivity contribution is -0.121. The first-order valence-electron chi connectivity index (χ1n) is 12.3. The van der Waals surface area contributed by atoms with Crippen molar-refractivity contribution in [3.05, 3.63) is 63.8 Å². The maximum absolute atomic E-state index is 12.8. The van der Waals surface area contributed by atoms with Gasteiger partial charge >= 0.3 is 0 Å². The SMILES string of the molecule is CC(C)CC(C)NC(=O)CCc1cccc(N=O)c1.O=CNCCCCNS(=O)(=O)c1ccc(F)cc1Cl. The Labute approximate surface area is 229 Å². The molecular weight excluding hydrogens is 535 g/mol. The number of sulfonamides is 1. The van der Waals surface area contributed by atoms with Crippen LogP contribution in [0.4, 0.5) is 10.1 Å². The van der Waals surface area contributed by atoms with Crippen LogP contribution in [-0.2, 0) is 26.0 Å². The number of hydrogen-bond acceptors (Lipinski definition) is 6. The Hall–Kier alpha value is -2.89. The molecule has 2 rings (SSSR count). The lowest BCUT2D eigenvalue weighted by Gasteiger charge is -2.15. The fourth-order valence-corrected chi connectivity index (χ4v) is 5.13. The number of hydrogen-bond donors (Lipinski definition) is 3. The molecule has 0 aliphatic heterocycles. The molecule has 0 spiro atoms. The normalized spacial score (nSPS) is 11.7. The summed E-state index contributed by atoms with van der Waals surface area (Å²) in [7, 11) is -3.74. The van der Waals surface area contributed by atoms with E-state index in [1.54, 1.807) is 18.2 Å². The summed E-state index contributed by atoms with van der Waals surface area (Å²) in [5, 5.41) is 8.19. The average Bonchev–Trinajstić information content (AvgIpc) is 2.84. The van der Waals surface area contributed by atoms with Crippen LogP contribution in [0.1, 0.15) is 52.0 Å². The average molecular weight is 571 g/mol. The van der Waals surface area contributed by atoms with Crippen molar-refractivity contribution >= 4 is 39.6 Å². The van der Waals surface area contributed by atoms with Crippen molar-refractivity contribution < 1.29 is 22.4 Å². The second-order valence-corrected chi connectivity index (χ2v) is 11.3. The van der Waals surface area contributed by atoms with Crippen molar-refractivity contribution in [2.24, 2.45) is 11.1 Å². The number of amides is 2. The largest absolute Gasteiger partial charge is 0.359 e. The van der Waals surface area contributed by atoms with E-state index in [1.165, 1.54) is 0 Å². The van der Waals surface area contributed by atoms with Crippen molar-refractivity contribution in [3.8, 4) is 0 Å². The molecule has 1 unspecified atom stereocenters. The summed E-state index contributed by atoms with van der Waals surface area (Å²) < 4.78 is 38.9. The third kappa shape index (κ3) is 13.6. The first-order chi connectivity index (χ1) is 18.0. The van der Waals surface area contributed by atoms with Gasteiger partial charge in [-0.15, -0.1) is 4.91 Å². The number of carbonyl (C=O) groups excluding carboxylic acids is 2. The zero-order chi connectivity index (χ0) is 28.6. The maximum Gasteiger partial charge on any atom is 0.242 e. The first-order valence-corrected chi connectivity index (χ1v) is 14.2. The predicted octanol–water partition coefficient (Wildman–Crippen LogP) is 4.85. The Kier molecular flexibility index (Phi) is 15.3. The van der Waals surface area contributed by atoms with Crippen LogP contribution in [0.5, 0.6) is 0 Å². The van der Waals surface area contributed by atoms with Crippen molar-refractivity contribution in [1.29, 1.82) is 0 Å². The fourth-order valence-electron chi connectivity index (χ4n) is 3.53. The van der Waals surface area contributed by atoms with E-state index in [2.05, 4.69) is 34.4 Å². The van der Waals surface area contributed by atoms with E-state index in [4.69, 9.17) is 11.6 Å². The summed E-state index contributed by atoms with van der Waals surface area (Å²) >= 11 is 5.69. The Bertz CT molecular complexity index is 1150. The zero-order valence-corrected chi connectivity index (χ0v) is 23.4. The van der Waals surface area contributed by atoms with E-state index < -0.39 is 15.8 Å². The third-order valence-electron chi connectivity index (χ3n) is 5.20. The number of rotatable bonds is 15. The zero-order valence-electron chi connectivity index (χ0n) is 21.9. The molecule has 0 aliphatic carbocycles. The Balaban J connectivity index is 0.000000380. The molecule has 2 aromatic carbocycles. The Morgan fingerprint density at radius 3 is 2.45 bits per heavy atom. The van der Waals surface area contributed by atoms with E-state index in [0.29, 0.717) is 50.2 Å². The molecule has 9 nitrogen and oxygen atoms in total. The van der Waals surface area contributed by atoms with Crippen LogP contribution < -0.4 is 15.4 Å². The molecule has 0 aliphatic rings. The van der Waals surface area contributed by atoms with Gasteiger partial charge in [-0.25, -0.2) is 17.5 Å². The monoisotopic (exact) mass is 570 g/mol. The molecule has 12 heteroatoms. The van der Waals surface area contributed by atoms with E-state index in [-0.39, 0.29) is 28.4 Å². The van der Waals surface area contributed by atoms with Crippen molar-refractivity contribution in [2.45, 2.75) is 63.8 Å². The molecule has 0 heterocycles. The van der Waals surface area contributed by atoms with E-state index in [0.717, 1.165) is 30.2 Å². The number of nitroso groups, excluding NO2 is 1. The van der Waals surface area contributed by atoms with Gasteiger partial charge in [0.05, 0.1) is 5.02 Å². The number of aryl methyl sites for hydroxylation is 1. The van der Waals surface area contributed by atoms with Crippen LogP contribution in [-0.4, -0.2) is 39.9 Å². The number of halogens is 2. The molecule has 0 fully saturated rings. The standard InChI is InChI=1S/C15H22N2O2.C11H14ClFN2O3S/c1-11(2)9-12(3)16-15(18)8-7-13-5-4-6-14(10-13)17-19;12-10-7-9(13)3-4-11(10)19(17,18)15-6-2-1-5-14-8-16/h4-6,10-12H,7-9H2,1-3H3,(H,16,18);3-4,7-8,15H,1-2,5-6H2,(H,14,16). The van der Waals surface area contributed by atoms with Crippen LogP contribution in [0.3, 0.4) is 0 Å². The van der Waals surface area contributed by atoms with Crippen LogP contribution in [0, 0.1) is 16.6 Å². The summed E-state index contributed by atoms with van der Waals surface area (Å²) in [6.07, 6.45) is 3.85. The summed E-state index contributed by atoms with van der Waals surface area (Å²) in [4.78, 5) is 32.0. The van der Waals surface area contributed by atoms with Crippen LogP contribution in [0.15, 0.2) is 52.5 Å². The minimum absolute atomic E-state index is 0.0533. The Morgan fingerprint density at radius 1 is 1.11 bits per heavy atom. The highest BCUT2D eigenvalue weighted by Gasteiger charge is 2.17. The lowest BCUT2D eigenvalue weighted by Crippen LogP contribution is -2.33. The second-order valence-electron chi connectivity index (χ2n) is 9.11. The molecular formula is C26H36ClFN4O5S. The van der Waals surface area contributed by atoms with Crippen molar-refractivity contribution in [2.75, 3.05) is 13.1 Å². The maximum atomic E-state index is 12.8. The molecule has 0 radical (unpaired) electrons. The number of carbonyl (C=O) groups is 2. The van der Waals surface area contributed by atoms with Gasteiger partial charge in [0.25, 0.3) is 0 Å². The molecule has 0 saturated heterocycles. The van der Waals surface area contributed by atoms with Crippen molar-refractivity contribution in [3.63, 3.8) is 0 Å². The molecule has 0 aromatic heterocycles. The molecule has 0 bridgehead atoms. The summed E-state index contributed by atoms with van der Waals surface area (Å²) in [6, 6.07) is 10.4. The predicted molar refractivity (Wildman–Crippen MR) is 147 cm³/mol. The van der Waals surface area contributed by atoms with E-state index in [9.17, 15) is 27.3 Å². The van der Waals surface area contributed by atoms with Gasteiger partial charge in [0.15, 0.2) is 0 Å². The van der Waals surface area contributed by atoms with Gasteiger partial charge in [-0.1, -0.05) is 37.6 Å². The molecule has 38 heavy (non-hydrogen) atoms.